The highest BCUT2D eigenvalue weighted by Gasteiger charge is 2.13. The van der Waals surface area contributed by atoms with Gasteiger partial charge in [-0.25, -0.2) is 0 Å². The average Bonchev–Trinajstić information content (AvgIpc) is 2.72. The third-order valence-electron chi connectivity index (χ3n) is 4.45. The Balaban J connectivity index is 1.86. The zero-order valence-electron chi connectivity index (χ0n) is 17.1. The number of ether oxygens (including phenoxy) is 2. The molecule has 29 heavy (non-hydrogen) atoms. The summed E-state index contributed by atoms with van der Waals surface area (Å²) in [5, 5.41) is 0. The number of nitrogens with one attached hydrogen (secondary N) is 2. The molecule has 154 valence electrons. The van der Waals surface area contributed by atoms with Gasteiger partial charge in [-0.2, -0.15) is 0 Å². The predicted octanol–water partition coefficient (Wildman–Crippen LogP) is 3.13. The number of benzene rings is 2. The molecule has 0 radical (unpaired) electrons. The lowest BCUT2D eigenvalue weighted by Crippen LogP contribution is -2.41. The highest BCUT2D eigenvalue weighted by Crippen LogP contribution is 2.27. The van der Waals surface area contributed by atoms with Crippen LogP contribution in [0.5, 0.6) is 11.5 Å². The molecule has 0 fully saturated rings. The minimum Gasteiger partial charge on any atom is -0.493 e. The third-order valence-corrected chi connectivity index (χ3v) is 4.45. The summed E-state index contributed by atoms with van der Waals surface area (Å²) in [5.74, 6) is -0.121. The summed E-state index contributed by atoms with van der Waals surface area (Å²) in [4.78, 5) is 36.4. The van der Waals surface area contributed by atoms with Gasteiger partial charge in [-0.3, -0.25) is 25.2 Å². The van der Waals surface area contributed by atoms with Gasteiger partial charge in [0.25, 0.3) is 5.91 Å². The van der Waals surface area contributed by atoms with Gasteiger partial charge >= 0.3 is 0 Å². The van der Waals surface area contributed by atoms with Gasteiger partial charge in [-0.1, -0.05) is 12.1 Å². The van der Waals surface area contributed by atoms with Gasteiger partial charge in [-0.15, -0.1) is 0 Å². The summed E-state index contributed by atoms with van der Waals surface area (Å²) < 4.78 is 10.6. The van der Waals surface area contributed by atoms with Crippen LogP contribution in [0.4, 0.5) is 0 Å². The first-order chi connectivity index (χ1) is 13.8. The van der Waals surface area contributed by atoms with E-state index in [-0.39, 0.29) is 18.6 Å². The molecule has 0 heterocycles. The lowest BCUT2D eigenvalue weighted by Gasteiger charge is -2.11. The van der Waals surface area contributed by atoms with E-state index in [0.29, 0.717) is 29.2 Å². The Bertz CT molecular complexity index is 908. The predicted molar refractivity (Wildman–Crippen MR) is 109 cm³/mol. The van der Waals surface area contributed by atoms with Gasteiger partial charge in [0, 0.05) is 24.0 Å². The van der Waals surface area contributed by atoms with Crippen molar-refractivity contribution in [1.29, 1.82) is 0 Å². The molecular weight excluding hydrogens is 372 g/mol. The fraction of sp³-hybridized carbons (Fsp3) is 0.318. The number of carbonyl (C=O) groups excluding carboxylic acids is 3. The number of Topliss-reactive ketones (excluding diaryl/α,β-unsaturated/α-hetero) is 1. The average molecular weight is 398 g/mol. The molecule has 0 aliphatic carbocycles. The molecule has 0 spiro atoms. The van der Waals surface area contributed by atoms with E-state index in [0.717, 1.165) is 11.1 Å². The summed E-state index contributed by atoms with van der Waals surface area (Å²) >= 11 is 0. The first-order valence-corrected chi connectivity index (χ1v) is 9.36. The molecule has 7 nitrogen and oxygen atoms in total. The van der Waals surface area contributed by atoms with Crippen molar-refractivity contribution < 1.29 is 23.9 Å². The minimum atomic E-state index is -0.500. The molecule has 2 amide bonds. The molecule has 0 aromatic heterocycles. The number of rotatable bonds is 8. The Morgan fingerprint density at radius 1 is 0.862 bits per heavy atom. The molecule has 0 saturated carbocycles. The Morgan fingerprint density at radius 3 is 2.24 bits per heavy atom. The van der Waals surface area contributed by atoms with Crippen LogP contribution in [0.25, 0.3) is 0 Å². The van der Waals surface area contributed by atoms with Gasteiger partial charge in [0.1, 0.15) is 0 Å². The summed E-state index contributed by atoms with van der Waals surface area (Å²) in [7, 11) is 1.48. The van der Waals surface area contributed by atoms with Crippen LogP contribution >= 0.6 is 0 Å². The van der Waals surface area contributed by atoms with E-state index in [1.54, 1.807) is 18.2 Å². The van der Waals surface area contributed by atoms with E-state index in [4.69, 9.17) is 9.47 Å². The quantitative estimate of drug-likeness (QED) is 0.526. The number of carbonyl (C=O) groups is 3. The minimum absolute atomic E-state index is 0.0291. The Labute approximate surface area is 170 Å². The lowest BCUT2D eigenvalue weighted by molar-refractivity contribution is -0.121. The van der Waals surface area contributed by atoms with Gasteiger partial charge in [0.05, 0.1) is 13.7 Å². The summed E-state index contributed by atoms with van der Waals surface area (Å²) in [5.41, 5.74) is 7.67. The molecule has 2 aromatic carbocycles. The van der Waals surface area contributed by atoms with Gasteiger partial charge in [0.15, 0.2) is 17.3 Å². The third kappa shape index (κ3) is 6.07. The molecule has 0 aliphatic rings. The van der Waals surface area contributed by atoms with Crippen molar-refractivity contribution in [3.63, 3.8) is 0 Å². The van der Waals surface area contributed by atoms with E-state index in [1.165, 1.54) is 13.2 Å². The van der Waals surface area contributed by atoms with Crippen LogP contribution in [0.15, 0.2) is 36.4 Å². The number of ketones is 1. The van der Waals surface area contributed by atoms with Gasteiger partial charge in [0.2, 0.25) is 5.91 Å². The molecule has 7 heteroatoms. The number of amides is 2. The zero-order valence-corrected chi connectivity index (χ0v) is 17.1. The van der Waals surface area contributed by atoms with Crippen LogP contribution in [-0.4, -0.2) is 31.3 Å². The van der Waals surface area contributed by atoms with Gasteiger partial charge < -0.3 is 9.47 Å². The van der Waals surface area contributed by atoms with Crippen molar-refractivity contribution in [3.8, 4) is 11.5 Å². The number of methoxy groups -OCH3 is 1. The molecular formula is C22H26N2O5. The SMILES string of the molecule is CCOc1ccc(C(=O)NNC(=O)CCC(=O)c2ccc(C)c(C)c2)cc1OC. The van der Waals surface area contributed by atoms with Crippen molar-refractivity contribution >= 4 is 17.6 Å². The molecule has 0 bridgehead atoms. The first-order valence-electron chi connectivity index (χ1n) is 9.36. The van der Waals surface area contributed by atoms with Crippen LogP contribution in [0, 0.1) is 13.8 Å². The van der Waals surface area contributed by atoms with E-state index in [9.17, 15) is 14.4 Å². The maximum absolute atomic E-state index is 12.2. The second-order valence-corrected chi connectivity index (χ2v) is 6.52. The first kappa shape index (κ1) is 21.9. The van der Waals surface area contributed by atoms with E-state index in [1.807, 2.05) is 32.9 Å². The van der Waals surface area contributed by atoms with Crippen molar-refractivity contribution in [3.05, 3.63) is 58.7 Å². The second-order valence-electron chi connectivity index (χ2n) is 6.52. The maximum atomic E-state index is 12.2. The number of hydrazine groups is 1. The van der Waals surface area contributed by atoms with Crippen molar-refractivity contribution in [2.75, 3.05) is 13.7 Å². The molecule has 2 N–H and O–H groups in total. The molecule has 0 unspecified atom stereocenters. The van der Waals surface area contributed by atoms with Crippen molar-refractivity contribution in [1.82, 2.24) is 10.9 Å². The van der Waals surface area contributed by atoms with Gasteiger partial charge in [-0.05, 0) is 56.2 Å². The molecule has 2 rings (SSSR count). The molecule has 0 aliphatic heterocycles. The number of hydrogen-bond acceptors (Lipinski definition) is 5. The van der Waals surface area contributed by atoms with Crippen LogP contribution in [0.2, 0.25) is 0 Å². The van der Waals surface area contributed by atoms with E-state index in [2.05, 4.69) is 10.9 Å². The molecule has 2 aromatic rings. The Kier molecular flexibility index (Phi) is 7.77. The smallest absolute Gasteiger partial charge is 0.269 e. The van der Waals surface area contributed by atoms with E-state index >= 15 is 0 Å². The van der Waals surface area contributed by atoms with Crippen molar-refractivity contribution in [2.24, 2.45) is 0 Å². The Hall–Kier alpha value is -3.35. The standard InChI is InChI=1S/C22H26N2O5/c1-5-29-19-10-8-17(13-20(19)28-4)22(27)24-23-21(26)11-9-18(25)16-7-6-14(2)15(3)12-16/h6-8,10,12-13H,5,9,11H2,1-4H3,(H,23,26)(H,24,27). The number of aryl methyl sites for hydroxylation is 2. The van der Waals surface area contributed by atoms with Crippen LogP contribution in [-0.2, 0) is 4.79 Å². The topological polar surface area (TPSA) is 93.7 Å². The normalized spacial score (nSPS) is 10.2. The Morgan fingerprint density at radius 2 is 1.59 bits per heavy atom. The summed E-state index contributed by atoms with van der Waals surface area (Å²) in [6.07, 6.45) is 0.0275. The van der Waals surface area contributed by atoms with Crippen molar-refractivity contribution in [2.45, 2.75) is 33.6 Å². The summed E-state index contributed by atoms with van der Waals surface area (Å²) in [6.45, 7) is 6.23. The zero-order chi connectivity index (χ0) is 21.4. The van der Waals surface area contributed by atoms with Crippen LogP contribution in [0.3, 0.4) is 0 Å². The van der Waals surface area contributed by atoms with E-state index < -0.39 is 11.8 Å². The fourth-order valence-electron chi connectivity index (χ4n) is 2.63. The molecule has 0 atom stereocenters. The number of hydrogen-bond donors (Lipinski definition) is 2. The fourth-order valence-corrected chi connectivity index (χ4v) is 2.63. The largest absolute Gasteiger partial charge is 0.493 e. The highest BCUT2D eigenvalue weighted by molar-refractivity contribution is 5.99. The maximum Gasteiger partial charge on any atom is 0.269 e. The van der Waals surface area contributed by atoms with Crippen LogP contribution < -0.4 is 20.3 Å². The highest BCUT2D eigenvalue weighted by atomic mass is 16.5. The second kappa shape index (κ2) is 10.3. The van der Waals surface area contributed by atoms with Crippen LogP contribution in [0.1, 0.15) is 51.6 Å². The monoisotopic (exact) mass is 398 g/mol. The molecule has 0 saturated heterocycles. The summed E-state index contributed by atoms with van der Waals surface area (Å²) in [6, 6.07) is 10.2. The lowest BCUT2D eigenvalue weighted by atomic mass is 10.0.